The first kappa shape index (κ1) is 16.5. The minimum Gasteiger partial charge on any atom is -0.334 e. The summed E-state index contributed by atoms with van der Waals surface area (Å²) in [6.45, 7) is 2.35. The lowest BCUT2D eigenvalue weighted by molar-refractivity contribution is -0.132. The minimum absolute atomic E-state index is 0.0785. The van der Waals surface area contributed by atoms with Crippen molar-refractivity contribution in [3.05, 3.63) is 54.4 Å². The highest BCUT2D eigenvalue weighted by Gasteiger charge is 2.30. The third kappa shape index (κ3) is 4.14. The van der Waals surface area contributed by atoms with Crippen LogP contribution in [0.3, 0.4) is 0 Å². The molecule has 0 radical (unpaired) electrons. The lowest BCUT2D eigenvalue weighted by Crippen LogP contribution is -2.33. The van der Waals surface area contributed by atoms with Crippen LogP contribution in [-0.2, 0) is 11.3 Å². The van der Waals surface area contributed by atoms with Crippen LogP contribution in [0.4, 0.5) is 0 Å². The Hall–Kier alpha value is -2.34. The van der Waals surface area contributed by atoms with Crippen LogP contribution in [0.15, 0.2) is 43.1 Å². The summed E-state index contributed by atoms with van der Waals surface area (Å²) in [4.78, 5) is 29.4. The van der Waals surface area contributed by atoms with Gasteiger partial charge < -0.3 is 9.80 Å². The zero-order valence-electron chi connectivity index (χ0n) is 14.0. The summed E-state index contributed by atoms with van der Waals surface area (Å²) in [5.41, 5.74) is 2.05. The SMILES string of the molecule is CN(CCC(=O)N1CCCC1c1cnccn1)Cc1cccnc1. The maximum Gasteiger partial charge on any atom is 0.224 e. The predicted octanol–water partition coefficient (Wildman–Crippen LogP) is 2.06. The third-order valence-electron chi connectivity index (χ3n) is 4.38. The van der Waals surface area contributed by atoms with Crippen LogP contribution in [0.2, 0.25) is 0 Å². The van der Waals surface area contributed by atoms with E-state index in [-0.39, 0.29) is 11.9 Å². The molecule has 1 aliphatic heterocycles. The molecule has 0 aliphatic carbocycles. The van der Waals surface area contributed by atoms with Crippen molar-refractivity contribution in [2.75, 3.05) is 20.1 Å². The molecule has 0 saturated carbocycles. The van der Waals surface area contributed by atoms with Gasteiger partial charge in [0.2, 0.25) is 5.91 Å². The van der Waals surface area contributed by atoms with E-state index in [4.69, 9.17) is 0 Å². The zero-order valence-corrected chi connectivity index (χ0v) is 14.0. The summed E-state index contributed by atoms with van der Waals surface area (Å²) < 4.78 is 0. The number of amides is 1. The van der Waals surface area contributed by atoms with Crippen LogP contribution < -0.4 is 0 Å². The van der Waals surface area contributed by atoms with Crippen molar-refractivity contribution >= 4 is 5.91 Å². The van der Waals surface area contributed by atoms with Crippen LogP contribution in [0, 0.1) is 0 Å². The van der Waals surface area contributed by atoms with Crippen LogP contribution in [-0.4, -0.2) is 50.8 Å². The first-order chi connectivity index (χ1) is 11.7. The highest BCUT2D eigenvalue weighted by Crippen LogP contribution is 2.30. The molecule has 1 amide bonds. The fraction of sp³-hybridized carbons (Fsp3) is 0.444. The van der Waals surface area contributed by atoms with Gasteiger partial charge in [0.05, 0.1) is 17.9 Å². The van der Waals surface area contributed by atoms with Gasteiger partial charge in [0.25, 0.3) is 0 Å². The molecule has 0 aromatic carbocycles. The Morgan fingerprint density at radius 1 is 1.29 bits per heavy atom. The number of likely N-dealkylation sites (tertiary alicyclic amines) is 1. The molecule has 3 rings (SSSR count). The summed E-state index contributed by atoms with van der Waals surface area (Å²) in [6, 6.07) is 4.06. The van der Waals surface area contributed by atoms with Gasteiger partial charge >= 0.3 is 0 Å². The zero-order chi connectivity index (χ0) is 16.8. The second-order valence-corrected chi connectivity index (χ2v) is 6.22. The van der Waals surface area contributed by atoms with Gasteiger partial charge in [0.15, 0.2) is 0 Å². The van der Waals surface area contributed by atoms with E-state index in [0.717, 1.165) is 43.7 Å². The standard InChI is InChI=1S/C18H23N5O/c1-22(14-15-4-2-7-19-12-15)11-6-18(24)23-10-3-5-17(23)16-13-20-8-9-21-16/h2,4,7-9,12-13,17H,3,5-6,10-11,14H2,1H3. The average Bonchev–Trinajstić information content (AvgIpc) is 3.11. The molecule has 2 aromatic heterocycles. The van der Waals surface area contributed by atoms with Gasteiger partial charge in [-0.05, 0) is 31.5 Å². The van der Waals surface area contributed by atoms with Crippen molar-refractivity contribution in [1.82, 2.24) is 24.8 Å². The minimum atomic E-state index is 0.0785. The number of aromatic nitrogens is 3. The van der Waals surface area contributed by atoms with Gasteiger partial charge in [-0.2, -0.15) is 0 Å². The number of pyridine rings is 1. The number of hydrogen-bond acceptors (Lipinski definition) is 5. The van der Waals surface area contributed by atoms with E-state index < -0.39 is 0 Å². The Balaban J connectivity index is 1.53. The molecule has 1 atom stereocenters. The van der Waals surface area contributed by atoms with Gasteiger partial charge in [0.1, 0.15) is 0 Å². The lowest BCUT2D eigenvalue weighted by Gasteiger charge is -2.25. The fourth-order valence-electron chi connectivity index (χ4n) is 3.17. The van der Waals surface area contributed by atoms with Crippen molar-refractivity contribution in [2.24, 2.45) is 0 Å². The van der Waals surface area contributed by atoms with Gasteiger partial charge in [0, 0.05) is 50.8 Å². The lowest BCUT2D eigenvalue weighted by atomic mass is 10.1. The van der Waals surface area contributed by atoms with Crippen molar-refractivity contribution in [3.63, 3.8) is 0 Å². The van der Waals surface area contributed by atoms with Crippen LogP contribution >= 0.6 is 0 Å². The molecule has 1 fully saturated rings. The largest absolute Gasteiger partial charge is 0.334 e. The highest BCUT2D eigenvalue weighted by molar-refractivity contribution is 5.77. The number of nitrogens with zero attached hydrogens (tertiary/aromatic N) is 5. The topological polar surface area (TPSA) is 62.2 Å². The molecule has 0 spiro atoms. The van der Waals surface area contributed by atoms with E-state index in [1.807, 2.05) is 24.2 Å². The Kier molecular flexibility index (Phi) is 5.48. The van der Waals surface area contributed by atoms with Crippen molar-refractivity contribution < 1.29 is 4.79 Å². The van der Waals surface area contributed by atoms with Crippen LogP contribution in [0.1, 0.15) is 36.6 Å². The van der Waals surface area contributed by atoms with E-state index >= 15 is 0 Å². The number of hydrogen-bond donors (Lipinski definition) is 0. The average molecular weight is 325 g/mol. The number of carbonyl (C=O) groups is 1. The molecular formula is C18H23N5O. The molecule has 126 valence electrons. The Bertz CT molecular complexity index is 649. The number of rotatable bonds is 6. The van der Waals surface area contributed by atoms with E-state index in [1.54, 1.807) is 24.8 Å². The Morgan fingerprint density at radius 3 is 2.92 bits per heavy atom. The first-order valence-electron chi connectivity index (χ1n) is 8.37. The predicted molar refractivity (Wildman–Crippen MR) is 90.9 cm³/mol. The third-order valence-corrected chi connectivity index (χ3v) is 4.38. The Labute approximate surface area is 142 Å². The van der Waals surface area contributed by atoms with Crippen molar-refractivity contribution in [3.8, 4) is 0 Å². The van der Waals surface area contributed by atoms with E-state index in [9.17, 15) is 4.79 Å². The molecule has 1 aliphatic rings. The summed E-state index contributed by atoms with van der Waals surface area (Å²) in [6.07, 6.45) is 11.3. The molecule has 6 heteroatoms. The molecule has 1 saturated heterocycles. The highest BCUT2D eigenvalue weighted by atomic mass is 16.2. The van der Waals surface area contributed by atoms with Crippen molar-refractivity contribution in [2.45, 2.75) is 31.8 Å². The summed E-state index contributed by atoms with van der Waals surface area (Å²) in [7, 11) is 2.03. The molecule has 6 nitrogen and oxygen atoms in total. The summed E-state index contributed by atoms with van der Waals surface area (Å²) in [5.74, 6) is 0.196. The summed E-state index contributed by atoms with van der Waals surface area (Å²) in [5, 5.41) is 0. The second-order valence-electron chi connectivity index (χ2n) is 6.22. The van der Waals surface area contributed by atoms with Gasteiger partial charge in [-0.3, -0.25) is 19.7 Å². The molecule has 1 unspecified atom stereocenters. The molecule has 0 bridgehead atoms. The molecular weight excluding hydrogens is 302 g/mol. The normalized spacial score (nSPS) is 17.4. The maximum atomic E-state index is 12.6. The van der Waals surface area contributed by atoms with E-state index in [0.29, 0.717) is 6.42 Å². The van der Waals surface area contributed by atoms with Crippen LogP contribution in [0.5, 0.6) is 0 Å². The molecule has 0 N–H and O–H groups in total. The molecule has 24 heavy (non-hydrogen) atoms. The van der Waals surface area contributed by atoms with E-state index in [2.05, 4.69) is 25.9 Å². The monoisotopic (exact) mass is 325 g/mol. The quantitative estimate of drug-likeness (QED) is 0.813. The smallest absolute Gasteiger partial charge is 0.224 e. The van der Waals surface area contributed by atoms with E-state index in [1.165, 1.54) is 0 Å². The molecule has 2 aromatic rings. The maximum absolute atomic E-state index is 12.6. The fourth-order valence-corrected chi connectivity index (χ4v) is 3.17. The summed E-state index contributed by atoms with van der Waals surface area (Å²) >= 11 is 0. The van der Waals surface area contributed by atoms with Gasteiger partial charge in [-0.1, -0.05) is 6.07 Å². The number of carbonyl (C=O) groups excluding carboxylic acids is 1. The van der Waals surface area contributed by atoms with Gasteiger partial charge in [-0.15, -0.1) is 0 Å². The van der Waals surface area contributed by atoms with Gasteiger partial charge in [-0.25, -0.2) is 0 Å². The second kappa shape index (κ2) is 7.97. The molecule has 3 heterocycles. The van der Waals surface area contributed by atoms with Crippen LogP contribution in [0.25, 0.3) is 0 Å². The van der Waals surface area contributed by atoms with Crippen molar-refractivity contribution in [1.29, 1.82) is 0 Å². The Morgan fingerprint density at radius 2 is 2.17 bits per heavy atom. The first-order valence-corrected chi connectivity index (χ1v) is 8.37.